The van der Waals surface area contributed by atoms with E-state index in [0.717, 1.165) is 43.5 Å². The molecule has 3 rings (SSSR count). The van der Waals surface area contributed by atoms with Gasteiger partial charge in [-0.3, -0.25) is 9.69 Å². The highest BCUT2D eigenvalue weighted by Gasteiger charge is 2.24. The van der Waals surface area contributed by atoms with Crippen LogP contribution in [0.3, 0.4) is 0 Å². The Bertz CT molecular complexity index is 796. The predicted octanol–water partition coefficient (Wildman–Crippen LogP) is 2.92. The molecule has 1 atom stereocenters. The zero-order valence-electron chi connectivity index (χ0n) is 18.0. The molecule has 2 aromatic rings. The van der Waals surface area contributed by atoms with E-state index < -0.39 is 0 Å². The molecule has 162 valence electrons. The Labute approximate surface area is 178 Å². The Morgan fingerprint density at radius 1 is 1.13 bits per heavy atom. The summed E-state index contributed by atoms with van der Waals surface area (Å²) in [6.45, 7) is 6.31. The number of furan rings is 1. The van der Waals surface area contributed by atoms with Crippen LogP contribution in [-0.4, -0.2) is 50.0 Å². The molecular formula is C23H33N5O2. The van der Waals surface area contributed by atoms with E-state index in [1.165, 1.54) is 19.3 Å². The van der Waals surface area contributed by atoms with Crippen molar-refractivity contribution in [3.05, 3.63) is 59.5 Å². The Morgan fingerprint density at radius 3 is 2.53 bits per heavy atom. The van der Waals surface area contributed by atoms with E-state index in [4.69, 9.17) is 9.41 Å². The van der Waals surface area contributed by atoms with Crippen LogP contribution < -0.4 is 16.0 Å². The van der Waals surface area contributed by atoms with E-state index in [1.807, 2.05) is 30.3 Å². The van der Waals surface area contributed by atoms with Gasteiger partial charge >= 0.3 is 0 Å². The van der Waals surface area contributed by atoms with Gasteiger partial charge in [-0.15, -0.1) is 0 Å². The van der Waals surface area contributed by atoms with Crippen LogP contribution in [0.15, 0.2) is 52.1 Å². The van der Waals surface area contributed by atoms with Crippen molar-refractivity contribution in [1.29, 1.82) is 0 Å². The lowest BCUT2D eigenvalue weighted by Crippen LogP contribution is -2.44. The van der Waals surface area contributed by atoms with Crippen LogP contribution in [0.5, 0.6) is 0 Å². The van der Waals surface area contributed by atoms with Gasteiger partial charge in [0.05, 0.1) is 18.8 Å². The third-order valence-electron chi connectivity index (χ3n) is 5.37. The van der Waals surface area contributed by atoms with Crippen LogP contribution >= 0.6 is 0 Å². The quantitative estimate of drug-likeness (QED) is 0.460. The molecule has 0 bridgehead atoms. The Kier molecular flexibility index (Phi) is 8.32. The first kappa shape index (κ1) is 21.9. The van der Waals surface area contributed by atoms with Crippen LogP contribution in [-0.2, 0) is 6.54 Å². The highest BCUT2D eigenvalue weighted by molar-refractivity contribution is 5.93. The molecule has 1 unspecified atom stereocenters. The molecule has 30 heavy (non-hydrogen) atoms. The fraction of sp³-hybridized carbons (Fsp3) is 0.478. The number of hydrogen-bond acceptors (Lipinski definition) is 4. The number of likely N-dealkylation sites (tertiary alicyclic amines) is 1. The van der Waals surface area contributed by atoms with Crippen LogP contribution in [0, 0.1) is 0 Å². The topological polar surface area (TPSA) is 81.9 Å². The molecule has 1 aliphatic heterocycles. The maximum atomic E-state index is 11.7. The monoisotopic (exact) mass is 411 g/mol. The predicted molar refractivity (Wildman–Crippen MR) is 120 cm³/mol. The molecule has 3 N–H and O–H groups in total. The number of amides is 1. The second kappa shape index (κ2) is 11.4. The van der Waals surface area contributed by atoms with E-state index in [9.17, 15) is 4.79 Å². The van der Waals surface area contributed by atoms with E-state index in [-0.39, 0.29) is 11.9 Å². The first-order valence-corrected chi connectivity index (χ1v) is 10.8. The summed E-state index contributed by atoms with van der Waals surface area (Å²) in [5, 5.41) is 9.44. The number of aliphatic imine (C=N–C) groups is 1. The first-order chi connectivity index (χ1) is 14.7. The second-order valence-corrected chi connectivity index (χ2v) is 7.48. The molecule has 1 fully saturated rings. The molecular weight excluding hydrogens is 378 g/mol. The third kappa shape index (κ3) is 6.10. The minimum Gasteiger partial charge on any atom is -0.468 e. The minimum absolute atomic E-state index is 0.0817. The maximum absolute atomic E-state index is 11.7. The largest absolute Gasteiger partial charge is 0.468 e. The first-order valence-electron chi connectivity index (χ1n) is 10.8. The fourth-order valence-electron chi connectivity index (χ4n) is 3.73. The number of carbonyl (C=O) groups excluding carboxylic acids is 1. The molecule has 7 nitrogen and oxygen atoms in total. The molecule has 2 heterocycles. The SMILES string of the molecule is CCNC(=NCc1ccc(C(=O)NC)cc1)NCC(c1ccco1)N1CCCCC1. The number of nitrogens with zero attached hydrogens (tertiary/aromatic N) is 2. The standard InChI is InChI=1S/C23H33N5O2/c1-3-25-23(26-16-18-9-11-19(12-10-18)22(29)24-2)27-17-20(21-8-7-15-30-21)28-13-5-4-6-14-28/h7-12,15,20H,3-6,13-14,16-17H2,1-2H3,(H,24,29)(H2,25,26,27). The Morgan fingerprint density at radius 2 is 1.90 bits per heavy atom. The van der Waals surface area contributed by atoms with Crippen molar-refractivity contribution < 1.29 is 9.21 Å². The average Bonchev–Trinajstić information content (AvgIpc) is 3.32. The summed E-state index contributed by atoms with van der Waals surface area (Å²) in [5.74, 6) is 1.69. The summed E-state index contributed by atoms with van der Waals surface area (Å²) in [6.07, 6.45) is 5.51. The summed E-state index contributed by atoms with van der Waals surface area (Å²) < 4.78 is 5.74. The molecule has 1 aromatic carbocycles. The third-order valence-corrected chi connectivity index (χ3v) is 5.37. The highest BCUT2D eigenvalue weighted by atomic mass is 16.3. The fourth-order valence-corrected chi connectivity index (χ4v) is 3.73. The summed E-state index contributed by atoms with van der Waals surface area (Å²) in [4.78, 5) is 18.9. The molecule has 0 spiro atoms. The van der Waals surface area contributed by atoms with Crippen LogP contribution in [0.2, 0.25) is 0 Å². The van der Waals surface area contributed by atoms with E-state index in [2.05, 4.69) is 33.8 Å². The van der Waals surface area contributed by atoms with Crippen molar-refractivity contribution >= 4 is 11.9 Å². The number of piperidine rings is 1. The molecule has 1 amide bonds. The van der Waals surface area contributed by atoms with Gasteiger partial charge in [-0.25, -0.2) is 4.99 Å². The van der Waals surface area contributed by atoms with Crippen molar-refractivity contribution in [2.75, 3.05) is 33.2 Å². The van der Waals surface area contributed by atoms with E-state index in [1.54, 1.807) is 13.3 Å². The maximum Gasteiger partial charge on any atom is 0.251 e. The number of nitrogens with one attached hydrogen (secondary N) is 3. The summed E-state index contributed by atoms with van der Waals surface area (Å²) in [5.41, 5.74) is 1.71. The zero-order valence-corrected chi connectivity index (χ0v) is 18.0. The minimum atomic E-state index is -0.0817. The van der Waals surface area contributed by atoms with Crippen molar-refractivity contribution in [2.45, 2.75) is 38.8 Å². The van der Waals surface area contributed by atoms with Crippen molar-refractivity contribution in [2.24, 2.45) is 4.99 Å². The van der Waals surface area contributed by atoms with Gasteiger partial charge < -0.3 is 20.4 Å². The second-order valence-electron chi connectivity index (χ2n) is 7.48. The Balaban J connectivity index is 1.63. The number of carbonyl (C=O) groups is 1. The lowest BCUT2D eigenvalue weighted by molar-refractivity contribution is 0.0963. The Hall–Kier alpha value is -2.80. The van der Waals surface area contributed by atoms with Crippen LogP contribution in [0.4, 0.5) is 0 Å². The summed E-state index contributed by atoms with van der Waals surface area (Å²) >= 11 is 0. The van der Waals surface area contributed by atoms with Crippen LogP contribution in [0.25, 0.3) is 0 Å². The number of hydrogen-bond donors (Lipinski definition) is 3. The highest BCUT2D eigenvalue weighted by Crippen LogP contribution is 2.24. The van der Waals surface area contributed by atoms with E-state index in [0.29, 0.717) is 12.1 Å². The van der Waals surface area contributed by atoms with Gasteiger partial charge in [0, 0.05) is 25.7 Å². The number of guanidine groups is 1. The molecule has 0 saturated carbocycles. The summed E-state index contributed by atoms with van der Waals surface area (Å²) in [7, 11) is 1.63. The molecule has 0 radical (unpaired) electrons. The smallest absolute Gasteiger partial charge is 0.251 e. The normalized spacial score (nSPS) is 16.1. The van der Waals surface area contributed by atoms with Gasteiger partial charge in [-0.05, 0) is 62.7 Å². The van der Waals surface area contributed by atoms with Crippen LogP contribution in [0.1, 0.15) is 53.9 Å². The van der Waals surface area contributed by atoms with Gasteiger partial charge in [0.15, 0.2) is 5.96 Å². The lowest BCUT2D eigenvalue weighted by Gasteiger charge is -2.33. The van der Waals surface area contributed by atoms with Crippen molar-refractivity contribution in [3.8, 4) is 0 Å². The summed E-state index contributed by atoms with van der Waals surface area (Å²) in [6, 6.07) is 11.7. The van der Waals surface area contributed by atoms with Gasteiger partial charge in [-0.2, -0.15) is 0 Å². The number of rotatable bonds is 8. The molecule has 1 aromatic heterocycles. The zero-order chi connectivity index (χ0) is 21.2. The molecule has 1 saturated heterocycles. The van der Waals surface area contributed by atoms with Gasteiger partial charge in [0.25, 0.3) is 5.91 Å². The lowest BCUT2D eigenvalue weighted by atomic mass is 10.1. The molecule has 0 aliphatic carbocycles. The number of benzene rings is 1. The molecule has 7 heteroatoms. The van der Waals surface area contributed by atoms with E-state index >= 15 is 0 Å². The van der Waals surface area contributed by atoms with Gasteiger partial charge in [-0.1, -0.05) is 18.6 Å². The van der Waals surface area contributed by atoms with Crippen molar-refractivity contribution in [3.63, 3.8) is 0 Å². The van der Waals surface area contributed by atoms with Gasteiger partial charge in [0.2, 0.25) is 0 Å². The molecule has 1 aliphatic rings. The van der Waals surface area contributed by atoms with Gasteiger partial charge in [0.1, 0.15) is 5.76 Å². The average molecular weight is 412 g/mol. The van der Waals surface area contributed by atoms with Crippen molar-refractivity contribution in [1.82, 2.24) is 20.9 Å².